The molecule has 0 atom stereocenters. The molecule has 5 heteroatoms. The molecule has 0 aliphatic carbocycles. The van der Waals surface area contributed by atoms with Gasteiger partial charge in [-0.3, -0.25) is 0 Å². The Morgan fingerprint density at radius 1 is 1.40 bits per heavy atom. The van der Waals surface area contributed by atoms with E-state index in [9.17, 15) is 0 Å². The number of rotatable bonds is 2. The second-order valence-electron chi connectivity index (χ2n) is 3.10. The van der Waals surface area contributed by atoms with Crippen molar-refractivity contribution in [2.24, 2.45) is 0 Å². The standard InChI is InChI=1S/C10H10ClN3S/c1-3-7-6(2)8(11)14-9(13-7)10-12-4-5-15-10/h4-5H,3H2,1-2H3. The molecule has 2 heterocycles. The maximum atomic E-state index is 6.04. The minimum Gasteiger partial charge on any atom is -0.241 e. The Morgan fingerprint density at radius 2 is 2.20 bits per heavy atom. The molecule has 0 aliphatic heterocycles. The van der Waals surface area contributed by atoms with Gasteiger partial charge in [-0.25, -0.2) is 15.0 Å². The van der Waals surface area contributed by atoms with Gasteiger partial charge in [-0.1, -0.05) is 18.5 Å². The van der Waals surface area contributed by atoms with Crippen molar-refractivity contribution in [1.82, 2.24) is 15.0 Å². The molecule has 3 nitrogen and oxygen atoms in total. The maximum absolute atomic E-state index is 6.04. The predicted molar refractivity (Wildman–Crippen MR) is 62.3 cm³/mol. The maximum Gasteiger partial charge on any atom is 0.190 e. The van der Waals surface area contributed by atoms with E-state index < -0.39 is 0 Å². The molecule has 15 heavy (non-hydrogen) atoms. The van der Waals surface area contributed by atoms with E-state index in [0.29, 0.717) is 11.0 Å². The monoisotopic (exact) mass is 239 g/mol. The molecule has 0 bridgehead atoms. The summed E-state index contributed by atoms with van der Waals surface area (Å²) < 4.78 is 0. The van der Waals surface area contributed by atoms with Crippen molar-refractivity contribution in [2.75, 3.05) is 0 Å². The van der Waals surface area contributed by atoms with Crippen molar-refractivity contribution in [2.45, 2.75) is 20.3 Å². The number of halogens is 1. The molecule has 2 aromatic heterocycles. The van der Waals surface area contributed by atoms with Crippen LogP contribution in [0.25, 0.3) is 10.8 Å². The van der Waals surface area contributed by atoms with Crippen LogP contribution in [0.15, 0.2) is 11.6 Å². The number of nitrogens with zero attached hydrogens (tertiary/aromatic N) is 3. The van der Waals surface area contributed by atoms with Gasteiger partial charge >= 0.3 is 0 Å². The third-order valence-corrected chi connectivity index (χ3v) is 3.28. The molecule has 0 aromatic carbocycles. The number of aromatic nitrogens is 3. The summed E-state index contributed by atoms with van der Waals surface area (Å²) in [5, 5.41) is 3.23. The van der Waals surface area contributed by atoms with E-state index >= 15 is 0 Å². The topological polar surface area (TPSA) is 38.7 Å². The predicted octanol–water partition coefficient (Wildman–Crippen LogP) is 3.12. The fourth-order valence-corrected chi connectivity index (χ4v) is 2.06. The summed E-state index contributed by atoms with van der Waals surface area (Å²) in [5.74, 6) is 0.623. The number of aryl methyl sites for hydroxylation is 1. The third kappa shape index (κ3) is 2.01. The lowest BCUT2D eigenvalue weighted by Gasteiger charge is -2.05. The Bertz CT molecular complexity index is 468. The normalized spacial score (nSPS) is 10.6. The highest BCUT2D eigenvalue weighted by atomic mass is 35.5. The average molecular weight is 240 g/mol. The van der Waals surface area contributed by atoms with Crippen LogP contribution in [-0.4, -0.2) is 15.0 Å². The highest BCUT2D eigenvalue weighted by Crippen LogP contribution is 2.23. The van der Waals surface area contributed by atoms with E-state index in [0.717, 1.165) is 22.7 Å². The van der Waals surface area contributed by atoms with Gasteiger partial charge in [0, 0.05) is 22.8 Å². The second kappa shape index (κ2) is 4.24. The first-order chi connectivity index (χ1) is 7.22. The highest BCUT2D eigenvalue weighted by Gasteiger charge is 2.10. The zero-order valence-electron chi connectivity index (χ0n) is 8.49. The van der Waals surface area contributed by atoms with Gasteiger partial charge < -0.3 is 0 Å². The largest absolute Gasteiger partial charge is 0.241 e. The average Bonchev–Trinajstić information content (AvgIpc) is 2.75. The second-order valence-corrected chi connectivity index (χ2v) is 4.35. The fraction of sp³-hybridized carbons (Fsp3) is 0.300. The van der Waals surface area contributed by atoms with Crippen LogP contribution in [0.4, 0.5) is 0 Å². The molecule has 2 aromatic rings. The Kier molecular flexibility index (Phi) is 2.98. The van der Waals surface area contributed by atoms with Crippen molar-refractivity contribution in [3.63, 3.8) is 0 Å². The van der Waals surface area contributed by atoms with Crippen LogP contribution >= 0.6 is 22.9 Å². The molecule has 0 radical (unpaired) electrons. The molecule has 0 spiro atoms. The fourth-order valence-electron chi connectivity index (χ4n) is 1.31. The zero-order chi connectivity index (χ0) is 10.8. The van der Waals surface area contributed by atoms with Crippen LogP contribution < -0.4 is 0 Å². The van der Waals surface area contributed by atoms with Gasteiger partial charge in [0.2, 0.25) is 0 Å². The first-order valence-electron chi connectivity index (χ1n) is 4.65. The highest BCUT2D eigenvalue weighted by molar-refractivity contribution is 7.13. The molecule has 0 unspecified atom stereocenters. The van der Waals surface area contributed by atoms with E-state index in [1.165, 1.54) is 11.3 Å². The van der Waals surface area contributed by atoms with Gasteiger partial charge in [0.05, 0.1) is 0 Å². The van der Waals surface area contributed by atoms with Crippen molar-refractivity contribution >= 4 is 22.9 Å². The summed E-state index contributed by atoms with van der Waals surface area (Å²) in [6, 6.07) is 0. The summed E-state index contributed by atoms with van der Waals surface area (Å²) in [6.07, 6.45) is 2.59. The van der Waals surface area contributed by atoms with Crippen LogP contribution in [0.3, 0.4) is 0 Å². The molecule has 0 fully saturated rings. The van der Waals surface area contributed by atoms with Crippen LogP contribution in [-0.2, 0) is 6.42 Å². The van der Waals surface area contributed by atoms with Gasteiger partial charge in [0.15, 0.2) is 10.8 Å². The van der Waals surface area contributed by atoms with Crippen LogP contribution in [0.5, 0.6) is 0 Å². The summed E-state index contributed by atoms with van der Waals surface area (Å²) in [5.41, 5.74) is 1.94. The SMILES string of the molecule is CCc1nc(-c2nccs2)nc(Cl)c1C. The Balaban J connectivity index is 2.55. The summed E-state index contributed by atoms with van der Waals surface area (Å²) in [7, 11) is 0. The molecule has 0 N–H and O–H groups in total. The van der Waals surface area contributed by atoms with Crippen molar-refractivity contribution < 1.29 is 0 Å². The lowest BCUT2D eigenvalue weighted by molar-refractivity contribution is 0.975. The smallest absolute Gasteiger partial charge is 0.190 e. The van der Waals surface area contributed by atoms with Crippen molar-refractivity contribution in [1.29, 1.82) is 0 Å². The van der Waals surface area contributed by atoms with Gasteiger partial charge in [-0.15, -0.1) is 11.3 Å². The lowest BCUT2D eigenvalue weighted by Crippen LogP contribution is -1.99. The molecule has 0 saturated carbocycles. The van der Waals surface area contributed by atoms with Crippen molar-refractivity contribution in [3.8, 4) is 10.8 Å². The van der Waals surface area contributed by atoms with E-state index in [-0.39, 0.29) is 0 Å². The first kappa shape index (κ1) is 10.5. The minimum atomic E-state index is 0.520. The Hall–Kier alpha value is -1.00. The first-order valence-corrected chi connectivity index (χ1v) is 5.91. The molecule has 0 aliphatic rings. The van der Waals surface area contributed by atoms with Crippen LogP contribution in [0.2, 0.25) is 5.15 Å². The number of hydrogen-bond acceptors (Lipinski definition) is 4. The Labute approximate surface area is 97.2 Å². The van der Waals surface area contributed by atoms with E-state index in [1.54, 1.807) is 6.20 Å². The Morgan fingerprint density at radius 3 is 2.80 bits per heavy atom. The summed E-state index contributed by atoms with van der Waals surface area (Å²) in [4.78, 5) is 12.8. The van der Waals surface area contributed by atoms with E-state index in [1.807, 2.05) is 12.3 Å². The summed E-state index contributed by atoms with van der Waals surface area (Å²) >= 11 is 7.56. The zero-order valence-corrected chi connectivity index (χ0v) is 10.1. The van der Waals surface area contributed by atoms with Gasteiger partial charge in [-0.05, 0) is 13.3 Å². The van der Waals surface area contributed by atoms with Crippen molar-refractivity contribution in [3.05, 3.63) is 28.0 Å². The summed E-state index contributed by atoms with van der Waals surface area (Å²) in [6.45, 7) is 3.99. The molecule has 0 amide bonds. The number of hydrogen-bond donors (Lipinski definition) is 0. The van der Waals surface area contributed by atoms with E-state index in [4.69, 9.17) is 11.6 Å². The van der Waals surface area contributed by atoms with Crippen LogP contribution in [0, 0.1) is 6.92 Å². The molecular weight excluding hydrogens is 230 g/mol. The quantitative estimate of drug-likeness (QED) is 0.756. The number of thiazole rings is 1. The van der Waals surface area contributed by atoms with Crippen LogP contribution in [0.1, 0.15) is 18.2 Å². The molecule has 0 saturated heterocycles. The van der Waals surface area contributed by atoms with Gasteiger partial charge in [0.25, 0.3) is 0 Å². The molecule has 78 valence electrons. The minimum absolute atomic E-state index is 0.520. The molecule has 2 rings (SSSR count). The van der Waals surface area contributed by atoms with E-state index in [2.05, 4.69) is 21.9 Å². The van der Waals surface area contributed by atoms with Gasteiger partial charge in [0.1, 0.15) is 5.15 Å². The lowest BCUT2D eigenvalue weighted by atomic mass is 10.2. The third-order valence-electron chi connectivity index (χ3n) is 2.15. The molecular formula is C10H10ClN3S. The van der Waals surface area contributed by atoms with Gasteiger partial charge in [-0.2, -0.15) is 0 Å².